The van der Waals surface area contributed by atoms with Gasteiger partial charge in [-0.2, -0.15) is 0 Å². The molecule has 1 atom stereocenters. The lowest BCUT2D eigenvalue weighted by Gasteiger charge is -2.33. The number of ether oxygens (including phenoxy) is 2. The van der Waals surface area contributed by atoms with Gasteiger partial charge in [-0.05, 0) is 110 Å². The number of anilines is 1. The molecule has 0 spiro atoms. The van der Waals surface area contributed by atoms with Crippen LogP contribution in [0, 0.1) is 0 Å². The van der Waals surface area contributed by atoms with E-state index in [1.807, 2.05) is 71.9 Å². The molecule has 236 valence electrons. The van der Waals surface area contributed by atoms with Crippen molar-refractivity contribution < 1.29 is 23.9 Å². The van der Waals surface area contributed by atoms with E-state index in [1.54, 1.807) is 21.7 Å². The van der Waals surface area contributed by atoms with Crippen LogP contribution in [0.5, 0.6) is 0 Å². The van der Waals surface area contributed by atoms with E-state index in [9.17, 15) is 14.4 Å². The second-order valence-electron chi connectivity index (χ2n) is 14.0. The molecular weight excluding hydrogens is 558 g/mol. The van der Waals surface area contributed by atoms with Crippen molar-refractivity contribution in [2.75, 3.05) is 32.0 Å². The van der Waals surface area contributed by atoms with Crippen molar-refractivity contribution in [1.82, 2.24) is 19.4 Å². The third-order valence-electron chi connectivity index (χ3n) is 8.18. The Morgan fingerprint density at radius 1 is 0.864 bits per heavy atom. The van der Waals surface area contributed by atoms with Crippen molar-refractivity contribution in [2.24, 2.45) is 0 Å². The van der Waals surface area contributed by atoms with Crippen molar-refractivity contribution in [2.45, 2.75) is 90.4 Å². The molecule has 2 amide bonds. The van der Waals surface area contributed by atoms with Gasteiger partial charge >= 0.3 is 12.2 Å². The van der Waals surface area contributed by atoms with Crippen LogP contribution >= 0.6 is 0 Å². The fourth-order valence-corrected chi connectivity index (χ4v) is 6.05. The number of fused-ring (bicyclic) bond motifs is 1. The number of likely N-dealkylation sites (tertiary alicyclic amines) is 2. The molecule has 2 fully saturated rings. The first-order chi connectivity index (χ1) is 20.7. The summed E-state index contributed by atoms with van der Waals surface area (Å²) in [6.07, 6.45) is 4.66. The minimum absolute atomic E-state index is 0.0935. The first kappa shape index (κ1) is 31.5. The van der Waals surface area contributed by atoms with Crippen molar-refractivity contribution in [3.8, 4) is 0 Å². The average molecular weight is 604 g/mol. The lowest BCUT2D eigenvalue weighted by molar-refractivity contribution is 0.0204. The highest BCUT2D eigenvalue weighted by molar-refractivity contribution is 6.04. The zero-order chi connectivity index (χ0) is 31.8. The molecule has 10 nitrogen and oxygen atoms in total. The molecule has 3 aromatic rings. The number of aromatic nitrogens is 2. The Bertz CT molecular complexity index is 1520. The summed E-state index contributed by atoms with van der Waals surface area (Å²) in [5.74, 6) is 0.383. The van der Waals surface area contributed by atoms with E-state index in [2.05, 4.69) is 22.2 Å². The highest BCUT2D eigenvalue weighted by atomic mass is 16.6. The maximum atomic E-state index is 13.4. The second-order valence-corrected chi connectivity index (χ2v) is 14.0. The molecular formula is C34H45N5O5. The molecule has 2 saturated heterocycles. The van der Waals surface area contributed by atoms with Gasteiger partial charge in [-0.15, -0.1) is 0 Å². The number of carbonyl (C=O) groups is 3. The quantitative estimate of drug-likeness (QED) is 0.344. The molecule has 2 aromatic heterocycles. The van der Waals surface area contributed by atoms with Gasteiger partial charge < -0.3 is 19.7 Å². The van der Waals surface area contributed by atoms with Crippen molar-refractivity contribution in [1.29, 1.82) is 0 Å². The van der Waals surface area contributed by atoms with Crippen molar-refractivity contribution >= 4 is 34.8 Å². The summed E-state index contributed by atoms with van der Waals surface area (Å²) in [5.41, 5.74) is 2.00. The van der Waals surface area contributed by atoms with Crippen LogP contribution in [0.15, 0.2) is 42.6 Å². The molecule has 1 aromatic carbocycles. The molecule has 4 heterocycles. The monoisotopic (exact) mass is 603 g/mol. The van der Waals surface area contributed by atoms with E-state index in [-0.39, 0.29) is 18.0 Å². The minimum Gasteiger partial charge on any atom is -0.444 e. The van der Waals surface area contributed by atoms with Gasteiger partial charge in [0.1, 0.15) is 17.0 Å². The first-order valence-electron chi connectivity index (χ1n) is 15.5. The molecule has 10 heteroatoms. The van der Waals surface area contributed by atoms with Gasteiger partial charge in [0.15, 0.2) is 0 Å². The maximum absolute atomic E-state index is 13.4. The van der Waals surface area contributed by atoms with Crippen LogP contribution in [-0.2, 0) is 9.47 Å². The number of carbonyl (C=O) groups excluding carboxylic acids is 3. The summed E-state index contributed by atoms with van der Waals surface area (Å²) < 4.78 is 12.9. The summed E-state index contributed by atoms with van der Waals surface area (Å²) in [7, 11) is 2.07. The Kier molecular flexibility index (Phi) is 8.75. The van der Waals surface area contributed by atoms with Crippen LogP contribution in [0.1, 0.15) is 101 Å². The Morgan fingerprint density at radius 2 is 1.50 bits per heavy atom. The largest absolute Gasteiger partial charge is 0.444 e. The van der Waals surface area contributed by atoms with Crippen LogP contribution in [0.4, 0.5) is 15.4 Å². The van der Waals surface area contributed by atoms with E-state index in [4.69, 9.17) is 9.47 Å². The van der Waals surface area contributed by atoms with Crippen LogP contribution < -0.4 is 5.32 Å². The third-order valence-corrected chi connectivity index (χ3v) is 8.18. The highest BCUT2D eigenvalue weighted by Gasteiger charge is 2.31. The van der Waals surface area contributed by atoms with Gasteiger partial charge in [-0.25, -0.2) is 19.1 Å². The average Bonchev–Trinajstić information content (AvgIpc) is 3.54. The first-order valence-corrected chi connectivity index (χ1v) is 15.5. The molecule has 0 bridgehead atoms. The van der Waals surface area contributed by atoms with Crippen LogP contribution in [0.3, 0.4) is 0 Å². The molecule has 2 aliphatic heterocycles. The zero-order valence-corrected chi connectivity index (χ0v) is 27.0. The van der Waals surface area contributed by atoms with Crippen LogP contribution in [-0.4, -0.2) is 75.3 Å². The number of piperidine rings is 1. The number of hydrogen-bond acceptors (Lipinski definition) is 7. The maximum Gasteiger partial charge on any atom is 0.419 e. The number of rotatable bonds is 4. The summed E-state index contributed by atoms with van der Waals surface area (Å²) in [6.45, 7) is 13.4. The smallest absolute Gasteiger partial charge is 0.419 e. The van der Waals surface area contributed by atoms with E-state index in [0.717, 1.165) is 48.9 Å². The minimum atomic E-state index is -0.655. The van der Waals surface area contributed by atoms with Crippen LogP contribution in [0.2, 0.25) is 0 Å². The van der Waals surface area contributed by atoms with Gasteiger partial charge in [0.2, 0.25) is 0 Å². The number of benzene rings is 1. The SMILES string of the molecule is CN1CCC[C@@H]1c1cc2cnc(NC(=O)c3ccc(C4CCN(C(=O)OC(C)(C)C)CC4)cc3)cc2n1C(=O)OC(C)(C)C. The van der Waals surface area contributed by atoms with E-state index < -0.39 is 17.3 Å². The fraction of sp³-hybridized carbons (Fsp3) is 0.529. The standard InChI is InChI=1S/C34H45N5O5/c1-33(2,3)43-31(41)38-17-14-23(15-18-38)22-10-12-24(13-11-22)30(40)36-29-20-27-25(21-35-29)19-28(26-9-8-16-37(26)7)39(27)32(42)44-34(4,5)6/h10-13,19-21,23,26H,8-9,14-18H2,1-7H3,(H,35,36,40)/t26-/m1/s1. The van der Waals surface area contributed by atoms with Crippen molar-refractivity contribution in [3.63, 3.8) is 0 Å². The Labute approximate surface area is 259 Å². The van der Waals surface area contributed by atoms with Crippen molar-refractivity contribution in [3.05, 3.63) is 59.4 Å². The molecule has 44 heavy (non-hydrogen) atoms. The molecule has 0 saturated carbocycles. The predicted molar refractivity (Wildman–Crippen MR) is 170 cm³/mol. The molecule has 2 aliphatic rings. The van der Waals surface area contributed by atoms with Crippen LogP contribution in [0.25, 0.3) is 10.9 Å². The lowest BCUT2D eigenvalue weighted by atomic mass is 9.89. The third kappa shape index (κ3) is 7.23. The van der Waals surface area contributed by atoms with E-state index >= 15 is 0 Å². The Balaban J connectivity index is 1.29. The van der Waals surface area contributed by atoms with Gasteiger partial charge in [-0.1, -0.05) is 12.1 Å². The fourth-order valence-electron chi connectivity index (χ4n) is 6.05. The van der Waals surface area contributed by atoms with Gasteiger partial charge in [0.25, 0.3) is 5.91 Å². The molecule has 0 unspecified atom stereocenters. The zero-order valence-electron chi connectivity index (χ0n) is 27.0. The molecule has 0 radical (unpaired) electrons. The Morgan fingerprint density at radius 3 is 2.09 bits per heavy atom. The number of amides is 2. The van der Waals surface area contributed by atoms with E-state index in [0.29, 0.717) is 35.9 Å². The predicted octanol–water partition coefficient (Wildman–Crippen LogP) is 6.95. The molecule has 5 rings (SSSR count). The second kappa shape index (κ2) is 12.2. The number of nitrogens with zero attached hydrogens (tertiary/aromatic N) is 4. The Hall–Kier alpha value is -3.92. The number of hydrogen-bond donors (Lipinski definition) is 1. The highest BCUT2D eigenvalue weighted by Crippen LogP contribution is 2.35. The summed E-state index contributed by atoms with van der Waals surface area (Å²) in [5, 5.41) is 3.72. The normalized spacial score (nSPS) is 18.4. The number of pyridine rings is 1. The topological polar surface area (TPSA) is 106 Å². The van der Waals surface area contributed by atoms with E-state index in [1.165, 1.54) is 0 Å². The van der Waals surface area contributed by atoms with Gasteiger partial charge in [0.05, 0.1) is 11.6 Å². The summed E-state index contributed by atoms with van der Waals surface area (Å²) in [4.78, 5) is 47.6. The number of nitrogens with one attached hydrogen (secondary N) is 1. The summed E-state index contributed by atoms with van der Waals surface area (Å²) in [6, 6.07) is 11.4. The molecule has 1 N–H and O–H groups in total. The van der Waals surface area contributed by atoms with Gasteiger partial charge in [-0.3, -0.25) is 9.69 Å². The summed E-state index contributed by atoms with van der Waals surface area (Å²) >= 11 is 0. The lowest BCUT2D eigenvalue weighted by Crippen LogP contribution is -2.41. The molecule has 0 aliphatic carbocycles. The van der Waals surface area contributed by atoms with Gasteiger partial charge in [0, 0.05) is 42.0 Å².